The minimum absolute atomic E-state index is 0.0705. The molecule has 1 aromatic rings. The van der Waals surface area contributed by atoms with Gasteiger partial charge in [-0.2, -0.15) is 0 Å². The minimum Gasteiger partial charge on any atom is -0.395 e. The van der Waals surface area contributed by atoms with E-state index in [0.717, 1.165) is 31.7 Å². The molecule has 1 saturated carbocycles. The van der Waals surface area contributed by atoms with Crippen LogP contribution in [0.4, 0.5) is 18.9 Å². The Bertz CT molecular complexity index is 794. The van der Waals surface area contributed by atoms with Crippen molar-refractivity contribution in [2.45, 2.75) is 57.1 Å². The van der Waals surface area contributed by atoms with Crippen molar-refractivity contribution in [2.75, 3.05) is 11.9 Å². The number of alkyl halides is 2. The molecule has 1 aliphatic carbocycles. The van der Waals surface area contributed by atoms with Crippen molar-refractivity contribution in [3.8, 4) is 11.5 Å². The predicted octanol–water partition coefficient (Wildman–Crippen LogP) is 3.45. The molecule has 0 amide bonds. The molecule has 1 fully saturated rings. The number of sulfonamides is 1. The third kappa shape index (κ3) is 4.78. The van der Waals surface area contributed by atoms with Gasteiger partial charge in [-0.25, -0.2) is 17.5 Å². The molecule has 152 valence electrons. The van der Waals surface area contributed by atoms with Crippen molar-refractivity contribution in [3.05, 3.63) is 17.9 Å². The van der Waals surface area contributed by atoms with E-state index in [0.29, 0.717) is 12.2 Å². The van der Waals surface area contributed by atoms with E-state index < -0.39 is 33.1 Å². The fraction of sp³-hybridized carbons (Fsp3) is 0.647. The number of ether oxygens (including phenoxy) is 2. The molecule has 2 aliphatic rings. The molecule has 2 N–H and O–H groups in total. The van der Waals surface area contributed by atoms with Crippen molar-refractivity contribution in [2.24, 2.45) is 5.92 Å². The lowest BCUT2D eigenvalue weighted by Gasteiger charge is -2.29. The molecule has 1 heterocycles. The van der Waals surface area contributed by atoms with Gasteiger partial charge in [-0.1, -0.05) is 0 Å². The van der Waals surface area contributed by atoms with Crippen molar-refractivity contribution >= 4 is 15.7 Å². The molecule has 10 heteroatoms. The Hall–Kier alpha value is -1.68. The maximum Gasteiger partial charge on any atom is 0.586 e. The first-order valence-corrected chi connectivity index (χ1v) is 10.4. The number of anilines is 1. The Morgan fingerprint density at radius 3 is 2.48 bits per heavy atom. The zero-order chi connectivity index (χ0) is 19.8. The zero-order valence-corrected chi connectivity index (χ0v) is 15.9. The first-order valence-electron chi connectivity index (χ1n) is 8.90. The fourth-order valence-electron chi connectivity index (χ4n) is 3.23. The Kier molecular flexibility index (Phi) is 5.49. The lowest BCUT2D eigenvalue weighted by molar-refractivity contribution is -0.287. The van der Waals surface area contributed by atoms with E-state index in [2.05, 4.69) is 19.5 Å². The van der Waals surface area contributed by atoms with E-state index in [1.54, 1.807) is 13.8 Å². The van der Waals surface area contributed by atoms with E-state index >= 15 is 0 Å². The summed E-state index contributed by atoms with van der Waals surface area (Å²) >= 11 is 0. The number of fused-ring (bicyclic) bond motifs is 1. The Labute approximate surface area is 156 Å². The van der Waals surface area contributed by atoms with E-state index in [1.165, 1.54) is 6.07 Å². The van der Waals surface area contributed by atoms with Crippen LogP contribution in [0.5, 0.6) is 11.5 Å². The van der Waals surface area contributed by atoms with Crippen LogP contribution in [0.25, 0.3) is 0 Å². The summed E-state index contributed by atoms with van der Waals surface area (Å²) in [5.74, 6) is -1.57. The van der Waals surface area contributed by atoms with Crippen LogP contribution in [-0.2, 0) is 10.0 Å². The fourth-order valence-corrected chi connectivity index (χ4v) is 4.20. The van der Waals surface area contributed by atoms with Crippen LogP contribution in [-0.4, -0.2) is 32.5 Å². The molecular weight excluding hydrogens is 385 g/mol. The molecule has 0 bridgehead atoms. The predicted molar refractivity (Wildman–Crippen MR) is 94.0 cm³/mol. The molecule has 0 atom stereocenters. The second-order valence-electron chi connectivity index (χ2n) is 7.26. The summed E-state index contributed by atoms with van der Waals surface area (Å²) < 4.78 is 75.0. The quantitative estimate of drug-likeness (QED) is 0.754. The number of halogens is 3. The van der Waals surface area contributed by atoms with E-state index in [9.17, 15) is 21.6 Å². The van der Waals surface area contributed by atoms with E-state index in [-0.39, 0.29) is 17.7 Å². The monoisotopic (exact) mass is 408 g/mol. The van der Waals surface area contributed by atoms with Crippen LogP contribution in [0.2, 0.25) is 0 Å². The molecule has 27 heavy (non-hydrogen) atoms. The molecule has 0 aromatic heterocycles. The van der Waals surface area contributed by atoms with Gasteiger partial charge in [-0.05, 0) is 45.4 Å². The van der Waals surface area contributed by atoms with Crippen molar-refractivity contribution in [3.63, 3.8) is 0 Å². The molecule has 1 aromatic carbocycles. The van der Waals surface area contributed by atoms with Crippen LogP contribution in [0.15, 0.2) is 12.1 Å². The van der Waals surface area contributed by atoms with Crippen molar-refractivity contribution in [1.82, 2.24) is 4.72 Å². The van der Waals surface area contributed by atoms with Gasteiger partial charge >= 0.3 is 6.29 Å². The first kappa shape index (κ1) is 20.1. The van der Waals surface area contributed by atoms with Gasteiger partial charge in [0.05, 0.1) is 5.25 Å². The summed E-state index contributed by atoms with van der Waals surface area (Å²) in [4.78, 5) is 0. The SMILES string of the molecule is CC(C)S(=O)(=O)NC1CCC(CNc2cc(F)c3c(c2)OC(F)(F)O3)CC1. The number of nitrogens with one attached hydrogen (secondary N) is 2. The summed E-state index contributed by atoms with van der Waals surface area (Å²) in [5.41, 5.74) is 0.329. The molecule has 0 radical (unpaired) electrons. The highest BCUT2D eigenvalue weighted by molar-refractivity contribution is 7.90. The Morgan fingerprint density at radius 1 is 1.19 bits per heavy atom. The van der Waals surface area contributed by atoms with E-state index in [4.69, 9.17) is 0 Å². The van der Waals surface area contributed by atoms with Crippen molar-refractivity contribution < 1.29 is 31.1 Å². The van der Waals surface area contributed by atoms with E-state index in [1.807, 2.05) is 0 Å². The summed E-state index contributed by atoms with van der Waals surface area (Å²) in [6.07, 6.45) is -0.795. The molecule has 3 rings (SSSR count). The average molecular weight is 408 g/mol. The third-order valence-corrected chi connectivity index (χ3v) is 6.76. The maximum atomic E-state index is 13.9. The highest BCUT2D eigenvalue weighted by Crippen LogP contribution is 2.44. The van der Waals surface area contributed by atoms with Crippen LogP contribution in [0.1, 0.15) is 39.5 Å². The van der Waals surface area contributed by atoms with Gasteiger partial charge in [0, 0.05) is 30.4 Å². The smallest absolute Gasteiger partial charge is 0.395 e. The third-order valence-electron chi connectivity index (χ3n) is 4.85. The zero-order valence-electron chi connectivity index (χ0n) is 15.1. The van der Waals surface area contributed by atoms with Gasteiger partial charge < -0.3 is 14.8 Å². The van der Waals surface area contributed by atoms with Crippen molar-refractivity contribution in [1.29, 1.82) is 0 Å². The van der Waals surface area contributed by atoms with Gasteiger partial charge in [0.15, 0.2) is 11.6 Å². The number of hydrogen-bond acceptors (Lipinski definition) is 5. The molecule has 1 aliphatic heterocycles. The Morgan fingerprint density at radius 2 is 1.85 bits per heavy atom. The highest BCUT2D eigenvalue weighted by Gasteiger charge is 2.45. The topological polar surface area (TPSA) is 76.7 Å². The number of benzene rings is 1. The van der Waals surface area contributed by atoms with Gasteiger partial charge in [-0.3, -0.25) is 0 Å². The summed E-state index contributed by atoms with van der Waals surface area (Å²) in [6.45, 7) is 3.80. The molecular formula is C17H23F3N2O4S. The summed E-state index contributed by atoms with van der Waals surface area (Å²) in [6, 6.07) is 2.30. The van der Waals surface area contributed by atoms with Gasteiger partial charge in [-0.15, -0.1) is 8.78 Å². The lowest BCUT2D eigenvalue weighted by atomic mass is 9.86. The molecule has 6 nitrogen and oxygen atoms in total. The Balaban J connectivity index is 1.51. The summed E-state index contributed by atoms with van der Waals surface area (Å²) in [7, 11) is -3.29. The summed E-state index contributed by atoms with van der Waals surface area (Å²) in [5, 5.41) is 2.57. The largest absolute Gasteiger partial charge is 0.586 e. The van der Waals surface area contributed by atoms with Gasteiger partial charge in [0.25, 0.3) is 0 Å². The second kappa shape index (κ2) is 7.38. The first-order chi connectivity index (χ1) is 12.6. The average Bonchev–Trinajstić information content (AvgIpc) is 2.88. The minimum atomic E-state index is -3.86. The van der Waals surface area contributed by atoms with Crippen LogP contribution in [0, 0.1) is 11.7 Å². The standard InChI is InChI=1S/C17H23F3N2O4S/c1-10(2)27(23,24)22-12-5-3-11(4-6-12)9-21-13-7-14(18)16-15(8-13)25-17(19,20)26-16/h7-8,10-12,21-22H,3-6,9H2,1-2H3. The maximum absolute atomic E-state index is 13.9. The number of hydrogen-bond donors (Lipinski definition) is 2. The molecule has 0 saturated heterocycles. The second-order valence-corrected chi connectivity index (χ2v) is 9.53. The van der Waals surface area contributed by atoms with Crippen LogP contribution in [0.3, 0.4) is 0 Å². The number of rotatable bonds is 6. The van der Waals surface area contributed by atoms with Gasteiger partial charge in [0.2, 0.25) is 15.8 Å². The van der Waals surface area contributed by atoms with Crippen LogP contribution >= 0.6 is 0 Å². The highest BCUT2D eigenvalue weighted by atomic mass is 32.2. The van der Waals surface area contributed by atoms with Crippen LogP contribution < -0.4 is 19.5 Å². The molecule has 0 spiro atoms. The van der Waals surface area contributed by atoms with Gasteiger partial charge in [0.1, 0.15) is 0 Å². The lowest BCUT2D eigenvalue weighted by Crippen LogP contribution is -2.41. The normalized spacial score (nSPS) is 24.2. The molecule has 0 unspecified atom stereocenters.